The minimum absolute atomic E-state index is 0.182. The molecule has 2 saturated heterocycles. The first-order valence-electron chi connectivity index (χ1n) is 11.0. The van der Waals surface area contributed by atoms with Crippen LogP contribution in [0.5, 0.6) is 0 Å². The number of aliphatic imine (C=N–C) groups is 2. The van der Waals surface area contributed by atoms with Gasteiger partial charge in [0.15, 0.2) is 0 Å². The van der Waals surface area contributed by atoms with Crippen molar-refractivity contribution in [1.29, 1.82) is 0 Å². The summed E-state index contributed by atoms with van der Waals surface area (Å²) in [5.74, 6) is -1.44. The van der Waals surface area contributed by atoms with Crippen LogP contribution in [0.4, 0.5) is 10.1 Å². The fourth-order valence-electron chi connectivity index (χ4n) is 4.58. The molecule has 0 saturated carbocycles. The van der Waals surface area contributed by atoms with Crippen LogP contribution in [0.3, 0.4) is 0 Å². The SMILES string of the molecule is O=POC1=Nc2ccc(I)cc2C(c2ccccc2F)=NC1(N1CCOCC1)N1CCOCC1. The van der Waals surface area contributed by atoms with E-state index in [0.29, 0.717) is 75.1 Å². The van der Waals surface area contributed by atoms with Crippen LogP contribution in [0.15, 0.2) is 52.4 Å². The Bertz CT molecular complexity index is 1120. The van der Waals surface area contributed by atoms with Crippen molar-refractivity contribution in [1.82, 2.24) is 9.80 Å². The molecule has 3 heterocycles. The Morgan fingerprint density at radius 1 is 0.971 bits per heavy atom. The average Bonchev–Trinajstić information content (AvgIpc) is 3.01. The number of ether oxygens (including phenoxy) is 2. The van der Waals surface area contributed by atoms with Crippen LogP contribution >= 0.6 is 31.3 Å². The molecule has 0 bridgehead atoms. The van der Waals surface area contributed by atoms with Gasteiger partial charge in [-0.25, -0.2) is 18.9 Å². The first-order valence-corrected chi connectivity index (χ1v) is 12.8. The third-order valence-electron chi connectivity index (χ3n) is 6.15. The molecule has 2 aromatic carbocycles. The molecule has 2 fully saturated rings. The first-order chi connectivity index (χ1) is 16.6. The zero-order chi connectivity index (χ0) is 23.5. The molecule has 8 nitrogen and oxygen atoms in total. The molecule has 5 rings (SSSR count). The minimum atomic E-state index is -1.24. The summed E-state index contributed by atoms with van der Waals surface area (Å²) in [5, 5.41) is 0. The highest BCUT2D eigenvalue weighted by molar-refractivity contribution is 14.1. The largest absolute Gasteiger partial charge is 0.397 e. The molecule has 3 aliphatic rings. The van der Waals surface area contributed by atoms with Crippen molar-refractivity contribution in [2.45, 2.75) is 5.79 Å². The summed E-state index contributed by atoms with van der Waals surface area (Å²) in [7, 11) is -0.543. The Morgan fingerprint density at radius 3 is 2.24 bits per heavy atom. The normalized spacial score (nSPS) is 21.4. The van der Waals surface area contributed by atoms with Gasteiger partial charge >= 0.3 is 8.69 Å². The molecule has 3 aliphatic heterocycles. The zero-order valence-electron chi connectivity index (χ0n) is 18.3. The molecule has 0 aliphatic carbocycles. The highest BCUT2D eigenvalue weighted by Gasteiger charge is 2.52. The molecule has 178 valence electrons. The highest BCUT2D eigenvalue weighted by Crippen LogP contribution is 2.38. The molecule has 0 amide bonds. The number of hydrogen-bond donors (Lipinski definition) is 0. The van der Waals surface area contributed by atoms with E-state index in [1.807, 2.05) is 18.2 Å². The number of morpholine rings is 2. The van der Waals surface area contributed by atoms with Gasteiger partial charge in [0.05, 0.1) is 37.8 Å². The monoisotopic (exact) mass is 596 g/mol. The van der Waals surface area contributed by atoms with Crippen molar-refractivity contribution in [3.8, 4) is 0 Å². The van der Waals surface area contributed by atoms with Gasteiger partial charge in [-0.15, -0.1) is 0 Å². The fourth-order valence-corrected chi connectivity index (χ4v) is 5.31. The van der Waals surface area contributed by atoms with Gasteiger partial charge in [0.2, 0.25) is 5.79 Å². The molecule has 0 atom stereocenters. The maximum Gasteiger partial charge on any atom is 0.397 e. The number of rotatable bonds is 4. The van der Waals surface area contributed by atoms with Crippen LogP contribution in [0, 0.1) is 9.39 Å². The van der Waals surface area contributed by atoms with Crippen molar-refractivity contribution in [3.63, 3.8) is 0 Å². The molecule has 0 aromatic heterocycles. The maximum atomic E-state index is 15.2. The number of nitrogens with zero attached hydrogens (tertiary/aromatic N) is 4. The molecule has 11 heteroatoms. The summed E-state index contributed by atoms with van der Waals surface area (Å²) in [4.78, 5) is 14.4. The molecule has 0 spiro atoms. The third kappa shape index (κ3) is 4.43. The van der Waals surface area contributed by atoms with Gasteiger partial charge in [-0.2, -0.15) is 0 Å². The molecule has 0 unspecified atom stereocenters. The van der Waals surface area contributed by atoms with Crippen LogP contribution < -0.4 is 0 Å². The standard InChI is InChI=1S/C23H23FIN4O4P/c24-19-4-2-1-3-17(19)21-18-15-16(25)5-6-20(18)26-22(33-34-30)23(27-21,28-7-11-31-12-8-28)29-9-13-32-14-10-29/h1-6,15H,7-14H2. The number of halogens is 2. The third-order valence-corrected chi connectivity index (χ3v) is 7.07. The Kier molecular flexibility index (Phi) is 7.33. The smallest absolute Gasteiger partial charge is 0.386 e. The summed E-state index contributed by atoms with van der Waals surface area (Å²) < 4.78 is 44.9. The number of benzene rings is 2. The van der Waals surface area contributed by atoms with E-state index in [4.69, 9.17) is 24.0 Å². The molecular formula is C23H23FIN4O4P. The summed E-state index contributed by atoms with van der Waals surface area (Å²) >= 11 is 2.22. The fraction of sp³-hybridized carbons (Fsp3) is 0.391. The van der Waals surface area contributed by atoms with E-state index in [1.54, 1.807) is 18.2 Å². The van der Waals surface area contributed by atoms with Gasteiger partial charge in [-0.05, 0) is 52.9 Å². The van der Waals surface area contributed by atoms with Gasteiger partial charge in [-0.1, -0.05) is 12.1 Å². The van der Waals surface area contributed by atoms with Gasteiger partial charge in [0, 0.05) is 40.9 Å². The lowest BCUT2D eigenvalue weighted by Crippen LogP contribution is -2.68. The van der Waals surface area contributed by atoms with Gasteiger partial charge < -0.3 is 14.0 Å². The lowest BCUT2D eigenvalue weighted by molar-refractivity contribution is -0.0949. The summed E-state index contributed by atoms with van der Waals surface area (Å²) in [6, 6.07) is 12.3. The maximum absolute atomic E-state index is 15.2. The van der Waals surface area contributed by atoms with Gasteiger partial charge in [0.1, 0.15) is 5.82 Å². The Balaban J connectivity index is 1.83. The average molecular weight is 596 g/mol. The van der Waals surface area contributed by atoms with Gasteiger partial charge in [0.25, 0.3) is 5.90 Å². The van der Waals surface area contributed by atoms with E-state index in [1.165, 1.54) is 6.07 Å². The lowest BCUT2D eigenvalue weighted by Gasteiger charge is -2.49. The lowest BCUT2D eigenvalue weighted by atomic mass is 10.00. The molecule has 2 aromatic rings. The van der Waals surface area contributed by atoms with E-state index in [2.05, 4.69) is 32.4 Å². The van der Waals surface area contributed by atoms with Crippen LogP contribution in [0.2, 0.25) is 0 Å². The summed E-state index contributed by atoms with van der Waals surface area (Å²) in [6.07, 6.45) is 0. The Labute approximate surface area is 212 Å². The van der Waals surface area contributed by atoms with Crippen molar-refractivity contribution in [2.75, 3.05) is 52.6 Å². The number of fused-ring (bicyclic) bond motifs is 1. The van der Waals surface area contributed by atoms with E-state index in [9.17, 15) is 4.57 Å². The van der Waals surface area contributed by atoms with Crippen molar-refractivity contribution in [3.05, 3.63) is 63.0 Å². The van der Waals surface area contributed by atoms with Crippen LogP contribution in [-0.2, 0) is 18.6 Å². The topological polar surface area (TPSA) is 76.0 Å². The Morgan fingerprint density at radius 2 is 1.62 bits per heavy atom. The Hall–Kier alpha value is -1.82. The second kappa shape index (κ2) is 10.4. The van der Waals surface area contributed by atoms with Crippen molar-refractivity contribution >= 4 is 48.6 Å². The molecular weight excluding hydrogens is 573 g/mol. The highest BCUT2D eigenvalue weighted by atomic mass is 127. The van der Waals surface area contributed by atoms with Crippen LogP contribution in [-0.4, -0.2) is 79.8 Å². The van der Waals surface area contributed by atoms with Crippen molar-refractivity contribution < 1.29 is 23.0 Å². The number of hydrogen-bond acceptors (Lipinski definition) is 8. The predicted molar refractivity (Wildman–Crippen MR) is 134 cm³/mol. The summed E-state index contributed by atoms with van der Waals surface area (Å²) in [6.45, 7) is 4.23. The van der Waals surface area contributed by atoms with Crippen LogP contribution in [0.1, 0.15) is 11.1 Å². The second-order valence-electron chi connectivity index (χ2n) is 8.02. The minimum Gasteiger partial charge on any atom is -0.386 e. The summed E-state index contributed by atoms with van der Waals surface area (Å²) in [5.41, 5.74) is 2.09. The van der Waals surface area contributed by atoms with E-state index < -0.39 is 14.5 Å². The van der Waals surface area contributed by atoms with Gasteiger partial charge in [-0.3, -0.25) is 9.80 Å². The molecule has 0 N–H and O–H groups in total. The van der Waals surface area contributed by atoms with E-state index in [-0.39, 0.29) is 11.7 Å². The second-order valence-corrected chi connectivity index (χ2v) is 9.60. The van der Waals surface area contributed by atoms with Crippen LogP contribution in [0.25, 0.3) is 0 Å². The zero-order valence-corrected chi connectivity index (χ0v) is 21.4. The first kappa shape index (κ1) is 23.9. The van der Waals surface area contributed by atoms with E-state index >= 15 is 4.39 Å². The quantitative estimate of drug-likeness (QED) is 0.395. The molecule has 34 heavy (non-hydrogen) atoms. The van der Waals surface area contributed by atoms with E-state index in [0.717, 1.165) is 3.57 Å². The van der Waals surface area contributed by atoms with Crippen molar-refractivity contribution in [2.24, 2.45) is 9.98 Å². The predicted octanol–water partition coefficient (Wildman–Crippen LogP) is 3.85. The molecule has 0 radical (unpaired) electrons.